The van der Waals surface area contributed by atoms with Crippen LogP contribution < -0.4 is 5.73 Å². The molecule has 2 N–H and O–H groups in total. The lowest BCUT2D eigenvalue weighted by molar-refractivity contribution is 0.630. The molecule has 2 nitrogen and oxygen atoms in total. The highest BCUT2D eigenvalue weighted by Crippen LogP contribution is 2.28. The molecule has 0 bridgehead atoms. The molecule has 1 unspecified atom stereocenters. The van der Waals surface area contributed by atoms with Crippen LogP contribution in [0.4, 0.5) is 4.39 Å². The van der Waals surface area contributed by atoms with Gasteiger partial charge in [0, 0.05) is 15.4 Å². The zero-order chi connectivity index (χ0) is 11.7. The average Bonchev–Trinajstić information content (AvgIpc) is 2.70. The Kier molecular flexibility index (Phi) is 3.37. The predicted molar refractivity (Wildman–Crippen MR) is 67.8 cm³/mol. The number of rotatable bonds is 2. The molecule has 1 atom stereocenters. The van der Waals surface area contributed by atoms with Crippen molar-refractivity contribution >= 4 is 27.3 Å². The molecule has 0 amide bonds. The summed E-state index contributed by atoms with van der Waals surface area (Å²) in [5.74, 6) is -0.273. The highest BCUT2D eigenvalue weighted by molar-refractivity contribution is 9.10. The largest absolute Gasteiger partial charge is 0.322 e. The second kappa shape index (κ2) is 4.61. The molecule has 0 saturated heterocycles. The monoisotopic (exact) mass is 300 g/mol. The molecule has 0 fully saturated rings. The quantitative estimate of drug-likeness (QED) is 0.918. The Bertz CT molecular complexity index is 510. The van der Waals surface area contributed by atoms with Gasteiger partial charge < -0.3 is 5.73 Å². The molecule has 2 rings (SSSR count). The van der Waals surface area contributed by atoms with Gasteiger partial charge >= 0.3 is 0 Å². The van der Waals surface area contributed by atoms with Gasteiger partial charge in [0.05, 0.1) is 11.7 Å². The van der Waals surface area contributed by atoms with Gasteiger partial charge in [0.2, 0.25) is 0 Å². The van der Waals surface area contributed by atoms with E-state index in [0.717, 1.165) is 9.48 Å². The van der Waals surface area contributed by atoms with E-state index >= 15 is 0 Å². The van der Waals surface area contributed by atoms with Crippen LogP contribution in [-0.4, -0.2) is 4.98 Å². The van der Waals surface area contributed by atoms with E-state index in [-0.39, 0.29) is 11.9 Å². The summed E-state index contributed by atoms with van der Waals surface area (Å²) >= 11 is 4.76. The molecular weight excluding hydrogens is 291 g/mol. The molecule has 2 aromatic rings. The van der Waals surface area contributed by atoms with Crippen LogP contribution in [0.15, 0.2) is 28.1 Å². The smallest absolute Gasteiger partial charge is 0.132 e. The molecule has 0 aliphatic rings. The summed E-state index contributed by atoms with van der Waals surface area (Å²) in [7, 11) is 0. The van der Waals surface area contributed by atoms with Crippen LogP contribution in [-0.2, 0) is 0 Å². The van der Waals surface area contributed by atoms with E-state index in [1.54, 1.807) is 12.1 Å². The Balaban J connectivity index is 2.46. The summed E-state index contributed by atoms with van der Waals surface area (Å²) in [6.45, 7) is 1.86. The third kappa shape index (κ3) is 2.31. The van der Waals surface area contributed by atoms with E-state index in [4.69, 9.17) is 5.73 Å². The highest BCUT2D eigenvalue weighted by Gasteiger charge is 2.11. The molecular formula is C11H10BrFN2S. The lowest BCUT2D eigenvalue weighted by Crippen LogP contribution is -2.03. The Morgan fingerprint density at radius 1 is 1.50 bits per heavy atom. The fourth-order valence-corrected chi connectivity index (χ4v) is 2.45. The SMILES string of the molecule is CC(N)c1nc(-c2cc(Br)ccc2F)cs1. The van der Waals surface area contributed by atoms with E-state index in [9.17, 15) is 4.39 Å². The van der Waals surface area contributed by atoms with E-state index in [0.29, 0.717) is 11.3 Å². The number of nitrogens with two attached hydrogens (primary N) is 1. The van der Waals surface area contributed by atoms with Crippen molar-refractivity contribution in [2.75, 3.05) is 0 Å². The molecule has 1 heterocycles. The first kappa shape index (κ1) is 11.7. The van der Waals surface area contributed by atoms with Crippen LogP contribution in [0.3, 0.4) is 0 Å². The number of nitrogens with zero attached hydrogens (tertiary/aromatic N) is 1. The Labute approximate surface area is 105 Å². The van der Waals surface area contributed by atoms with Crippen LogP contribution >= 0.6 is 27.3 Å². The summed E-state index contributed by atoms with van der Waals surface area (Å²) in [6, 6.07) is 4.69. The van der Waals surface area contributed by atoms with Gasteiger partial charge in [0.25, 0.3) is 0 Å². The van der Waals surface area contributed by atoms with Crippen molar-refractivity contribution < 1.29 is 4.39 Å². The number of hydrogen-bond donors (Lipinski definition) is 1. The Hall–Kier alpha value is -0.780. The maximum Gasteiger partial charge on any atom is 0.132 e. The molecule has 1 aromatic heterocycles. The first-order valence-corrected chi connectivity index (χ1v) is 6.41. The van der Waals surface area contributed by atoms with Crippen LogP contribution in [0.25, 0.3) is 11.3 Å². The first-order chi connectivity index (χ1) is 7.58. The van der Waals surface area contributed by atoms with Gasteiger partial charge in [-0.25, -0.2) is 9.37 Å². The van der Waals surface area contributed by atoms with Crippen molar-refractivity contribution in [3.63, 3.8) is 0 Å². The van der Waals surface area contributed by atoms with Gasteiger partial charge in [-0.15, -0.1) is 11.3 Å². The first-order valence-electron chi connectivity index (χ1n) is 4.74. The summed E-state index contributed by atoms with van der Waals surface area (Å²) in [6.07, 6.45) is 0. The molecule has 0 radical (unpaired) electrons. The number of thiazole rings is 1. The lowest BCUT2D eigenvalue weighted by atomic mass is 10.1. The summed E-state index contributed by atoms with van der Waals surface area (Å²) in [5.41, 5.74) is 6.85. The minimum absolute atomic E-state index is 0.117. The molecule has 0 saturated carbocycles. The Morgan fingerprint density at radius 2 is 2.25 bits per heavy atom. The van der Waals surface area contributed by atoms with Crippen LogP contribution in [0.2, 0.25) is 0 Å². The van der Waals surface area contributed by atoms with Crippen molar-refractivity contribution in [1.29, 1.82) is 0 Å². The standard InChI is InChI=1S/C11H10BrFN2S/c1-6(14)11-15-10(5-16-11)8-4-7(12)2-3-9(8)13/h2-6H,14H2,1H3. The summed E-state index contributed by atoms with van der Waals surface area (Å²) in [5, 5.41) is 2.64. The summed E-state index contributed by atoms with van der Waals surface area (Å²) in [4.78, 5) is 4.31. The normalized spacial score (nSPS) is 12.8. The van der Waals surface area contributed by atoms with E-state index in [1.165, 1.54) is 17.4 Å². The lowest BCUT2D eigenvalue weighted by Gasteiger charge is -2.01. The zero-order valence-corrected chi connectivity index (χ0v) is 11.0. The third-order valence-electron chi connectivity index (χ3n) is 2.12. The second-order valence-electron chi connectivity index (χ2n) is 3.48. The summed E-state index contributed by atoms with van der Waals surface area (Å²) < 4.78 is 14.4. The van der Waals surface area contributed by atoms with Crippen molar-refractivity contribution in [2.24, 2.45) is 5.73 Å². The van der Waals surface area contributed by atoms with Crippen molar-refractivity contribution in [1.82, 2.24) is 4.98 Å². The van der Waals surface area contributed by atoms with Crippen LogP contribution in [0, 0.1) is 5.82 Å². The minimum atomic E-state index is -0.273. The van der Waals surface area contributed by atoms with E-state index in [1.807, 2.05) is 12.3 Å². The number of halogens is 2. The molecule has 5 heteroatoms. The maximum absolute atomic E-state index is 13.6. The maximum atomic E-state index is 13.6. The molecule has 0 aliphatic heterocycles. The fraction of sp³-hybridized carbons (Fsp3) is 0.182. The average molecular weight is 301 g/mol. The highest BCUT2D eigenvalue weighted by atomic mass is 79.9. The Morgan fingerprint density at radius 3 is 2.88 bits per heavy atom. The number of aromatic nitrogens is 1. The number of hydrogen-bond acceptors (Lipinski definition) is 3. The van der Waals surface area contributed by atoms with Crippen LogP contribution in [0.5, 0.6) is 0 Å². The van der Waals surface area contributed by atoms with Gasteiger partial charge in [-0.1, -0.05) is 15.9 Å². The molecule has 1 aromatic carbocycles. The second-order valence-corrected chi connectivity index (χ2v) is 5.29. The van der Waals surface area contributed by atoms with E-state index in [2.05, 4.69) is 20.9 Å². The molecule has 16 heavy (non-hydrogen) atoms. The third-order valence-corrected chi connectivity index (χ3v) is 3.65. The van der Waals surface area contributed by atoms with Crippen molar-refractivity contribution in [3.05, 3.63) is 38.9 Å². The fourth-order valence-electron chi connectivity index (χ4n) is 1.31. The van der Waals surface area contributed by atoms with Gasteiger partial charge in [0.1, 0.15) is 10.8 Å². The minimum Gasteiger partial charge on any atom is -0.322 e. The molecule has 0 aliphatic carbocycles. The molecule has 0 spiro atoms. The van der Waals surface area contributed by atoms with Crippen LogP contribution in [0.1, 0.15) is 18.0 Å². The van der Waals surface area contributed by atoms with Gasteiger partial charge in [-0.05, 0) is 25.1 Å². The number of benzene rings is 1. The molecule has 84 valence electrons. The van der Waals surface area contributed by atoms with E-state index < -0.39 is 0 Å². The van der Waals surface area contributed by atoms with Crippen molar-refractivity contribution in [2.45, 2.75) is 13.0 Å². The topological polar surface area (TPSA) is 38.9 Å². The van der Waals surface area contributed by atoms with Gasteiger partial charge in [-0.2, -0.15) is 0 Å². The zero-order valence-electron chi connectivity index (χ0n) is 8.58. The predicted octanol–water partition coefficient (Wildman–Crippen LogP) is 3.73. The van der Waals surface area contributed by atoms with Crippen molar-refractivity contribution in [3.8, 4) is 11.3 Å². The van der Waals surface area contributed by atoms with Gasteiger partial charge in [0.15, 0.2) is 0 Å². The van der Waals surface area contributed by atoms with Gasteiger partial charge in [-0.3, -0.25) is 0 Å².